The second-order valence-electron chi connectivity index (χ2n) is 2.05. The lowest BCUT2D eigenvalue weighted by molar-refractivity contribution is 0.141. The zero-order chi connectivity index (χ0) is 8.10. The van der Waals surface area contributed by atoms with Gasteiger partial charge in [-0.1, -0.05) is 18.2 Å². The molecule has 1 N–H and O–H groups in total. The second-order valence-corrected chi connectivity index (χ2v) is 2.58. The maximum absolute atomic E-state index is 5.47. The third-order valence-corrected chi connectivity index (χ3v) is 1.16. The van der Waals surface area contributed by atoms with Crippen molar-refractivity contribution < 1.29 is 4.74 Å². The molecule has 11 heavy (non-hydrogen) atoms. The van der Waals surface area contributed by atoms with Gasteiger partial charge in [0.05, 0.1) is 6.61 Å². The monoisotopic (exact) mass is 172 g/mol. The van der Waals surface area contributed by atoms with Crippen molar-refractivity contribution in [2.45, 2.75) is 6.61 Å². The molecule has 1 aromatic heterocycles. The fraction of sp³-hybridized carbons (Fsp3) is 0.286. The molecule has 0 aliphatic heterocycles. The first-order valence-corrected chi connectivity index (χ1v) is 3.56. The minimum Gasteiger partial charge on any atom is -0.368 e. The molecule has 0 bridgehead atoms. The molecule has 3 nitrogen and oxygen atoms in total. The summed E-state index contributed by atoms with van der Waals surface area (Å²) in [5.74, 6) is 0.794. The van der Waals surface area contributed by atoms with Crippen LogP contribution in [0.2, 0.25) is 0 Å². The minimum absolute atomic E-state index is 0.363. The van der Waals surface area contributed by atoms with E-state index in [1.165, 1.54) is 0 Å². The van der Waals surface area contributed by atoms with Gasteiger partial charge in [0.25, 0.3) is 0 Å². The molecule has 1 aromatic rings. The van der Waals surface area contributed by atoms with Crippen LogP contribution in [-0.2, 0) is 11.3 Å². The molecule has 0 saturated carbocycles. The largest absolute Gasteiger partial charge is 0.368 e. The van der Waals surface area contributed by atoms with Gasteiger partial charge in [-0.15, -0.1) is 0 Å². The molecule has 0 unspecified atom stereocenters. The zero-order valence-electron chi connectivity index (χ0n) is 6.01. The molecular weight excluding hydrogens is 164 g/mol. The van der Waals surface area contributed by atoms with Crippen LogP contribution < -0.4 is 0 Å². The van der Waals surface area contributed by atoms with Gasteiger partial charge < -0.3 is 9.72 Å². The molecule has 0 radical (unpaired) electrons. The van der Waals surface area contributed by atoms with E-state index >= 15 is 0 Å². The molecule has 1 rings (SSSR count). The molecule has 0 spiro atoms. The first kappa shape index (κ1) is 8.30. The van der Waals surface area contributed by atoms with Gasteiger partial charge in [0.2, 0.25) is 0 Å². The van der Waals surface area contributed by atoms with Crippen molar-refractivity contribution in [2.24, 2.45) is 0 Å². The molecule has 0 fully saturated rings. The Morgan fingerprint density at radius 2 is 2.64 bits per heavy atom. The highest BCUT2D eigenvalue weighted by Gasteiger charge is 1.93. The molecule has 0 atom stereocenters. The number of nitrogens with zero attached hydrogens (tertiary/aromatic N) is 1. The Morgan fingerprint density at radius 1 is 1.82 bits per heavy atom. The highest BCUT2D eigenvalue weighted by atomic mass is 35.5. The average Bonchev–Trinajstić information content (AvgIpc) is 2.39. The number of rotatable bonds is 4. The molecule has 60 valence electrons. The zero-order valence-corrected chi connectivity index (χ0v) is 6.77. The Bertz CT molecular complexity index is 220. The third-order valence-electron chi connectivity index (χ3n) is 1.05. The topological polar surface area (TPSA) is 37.9 Å². The third kappa shape index (κ3) is 3.20. The van der Waals surface area contributed by atoms with Crippen LogP contribution in [0.25, 0.3) is 0 Å². The summed E-state index contributed by atoms with van der Waals surface area (Å²) in [6.07, 6.45) is 3.42. The van der Waals surface area contributed by atoms with Gasteiger partial charge in [0, 0.05) is 17.4 Å². The van der Waals surface area contributed by atoms with E-state index in [9.17, 15) is 0 Å². The highest BCUT2D eigenvalue weighted by molar-refractivity contribution is 6.29. The fourth-order valence-corrected chi connectivity index (χ4v) is 0.713. The second kappa shape index (κ2) is 4.16. The van der Waals surface area contributed by atoms with E-state index in [1.807, 2.05) is 0 Å². The maximum atomic E-state index is 5.47. The summed E-state index contributed by atoms with van der Waals surface area (Å²) in [6.45, 7) is 4.29. The van der Waals surface area contributed by atoms with Crippen LogP contribution in [0.3, 0.4) is 0 Å². The molecule has 0 amide bonds. The maximum Gasteiger partial charge on any atom is 0.132 e. The average molecular weight is 173 g/mol. The van der Waals surface area contributed by atoms with Crippen molar-refractivity contribution in [3.8, 4) is 0 Å². The van der Waals surface area contributed by atoms with E-state index in [2.05, 4.69) is 16.5 Å². The Balaban J connectivity index is 2.19. The van der Waals surface area contributed by atoms with Gasteiger partial charge in [0.15, 0.2) is 0 Å². The first-order chi connectivity index (χ1) is 5.29. The number of hydrogen-bond donors (Lipinski definition) is 1. The van der Waals surface area contributed by atoms with Gasteiger partial charge in [-0.25, -0.2) is 4.98 Å². The van der Waals surface area contributed by atoms with Crippen molar-refractivity contribution in [1.82, 2.24) is 9.97 Å². The van der Waals surface area contributed by atoms with Gasteiger partial charge in [0.1, 0.15) is 12.4 Å². The van der Waals surface area contributed by atoms with Crippen LogP contribution in [0.1, 0.15) is 5.82 Å². The number of H-pyrrole nitrogens is 1. The van der Waals surface area contributed by atoms with E-state index in [1.54, 1.807) is 12.4 Å². The Morgan fingerprint density at radius 3 is 3.18 bits per heavy atom. The quantitative estimate of drug-likeness (QED) is 0.751. The fourth-order valence-electron chi connectivity index (χ4n) is 0.635. The lowest BCUT2D eigenvalue weighted by atomic mass is 10.6. The molecule has 0 saturated heterocycles. The van der Waals surface area contributed by atoms with Crippen molar-refractivity contribution in [3.05, 3.63) is 29.8 Å². The van der Waals surface area contributed by atoms with Gasteiger partial charge in [-0.2, -0.15) is 0 Å². The Labute approximate surface area is 70.0 Å². The number of aromatic amines is 1. The van der Waals surface area contributed by atoms with Crippen LogP contribution >= 0.6 is 11.6 Å². The van der Waals surface area contributed by atoms with E-state index in [-0.39, 0.29) is 0 Å². The summed E-state index contributed by atoms with van der Waals surface area (Å²) in [4.78, 5) is 6.86. The lowest BCUT2D eigenvalue weighted by Crippen LogP contribution is -1.96. The normalized spacial score (nSPS) is 9.91. The summed E-state index contributed by atoms with van der Waals surface area (Å²) in [7, 11) is 0. The summed E-state index contributed by atoms with van der Waals surface area (Å²) in [5, 5.41) is 0.497. The van der Waals surface area contributed by atoms with Crippen molar-refractivity contribution in [3.63, 3.8) is 0 Å². The highest BCUT2D eigenvalue weighted by Crippen LogP contribution is 1.99. The van der Waals surface area contributed by atoms with Crippen LogP contribution in [-0.4, -0.2) is 16.6 Å². The molecule has 0 aliphatic carbocycles. The minimum atomic E-state index is 0.363. The van der Waals surface area contributed by atoms with E-state index < -0.39 is 0 Å². The number of imidazole rings is 1. The van der Waals surface area contributed by atoms with E-state index in [0.717, 1.165) is 5.82 Å². The standard InChI is InChI=1S/C7H9ClN2O/c1-6(8)4-11-5-7-9-2-3-10-7/h2-3H,1,4-5H2,(H,9,10). The Hall–Kier alpha value is -0.800. The lowest BCUT2D eigenvalue weighted by Gasteiger charge is -1.98. The summed E-state index contributed by atoms with van der Waals surface area (Å²) in [6, 6.07) is 0. The molecular formula is C7H9ClN2O. The predicted molar refractivity (Wildman–Crippen MR) is 43.2 cm³/mol. The number of nitrogens with one attached hydrogen (secondary N) is 1. The van der Waals surface area contributed by atoms with Crippen molar-refractivity contribution in [1.29, 1.82) is 0 Å². The molecule has 1 heterocycles. The van der Waals surface area contributed by atoms with Crippen LogP contribution in [0, 0.1) is 0 Å². The molecule has 4 heteroatoms. The van der Waals surface area contributed by atoms with Crippen molar-refractivity contribution in [2.75, 3.05) is 6.61 Å². The van der Waals surface area contributed by atoms with E-state index in [0.29, 0.717) is 18.2 Å². The van der Waals surface area contributed by atoms with Crippen LogP contribution in [0.4, 0.5) is 0 Å². The number of aromatic nitrogens is 2. The number of hydrogen-bond acceptors (Lipinski definition) is 2. The van der Waals surface area contributed by atoms with E-state index in [4.69, 9.17) is 16.3 Å². The van der Waals surface area contributed by atoms with Gasteiger partial charge in [-0.3, -0.25) is 0 Å². The number of ether oxygens (including phenoxy) is 1. The SMILES string of the molecule is C=C(Cl)COCc1ncc[nH]1. The Kier molecular flexibility index (Phi) is 3.14. The van der Waals surface area contributed by atoms with Gasteiger partial charge in [-0.05, 0) is 0 Å². The van der Waals surface area contributed by atoms with Crippen LogP contribution in [0.15, 0.2) is 24.0 Å². The molecule has 0 aromatic carbocycles. The smallest absolute Gasteiger partial charge is 0.132 e. The molecule has 0 aliphatic rings. The summed E-state index contributed by atoms with van der Waals surface area (Å²) < 4.78 is 5.11. The first-order valence-electron chi connectivity index (χ1n) is 3.18. The summed E-state index contributed by atoms with van der Waals surface area (Å²) >= 11 is 5.47. The summed E-state index contributed by atoms with van der Waals surface area (Å²) in [5.41, 5.74) is 0. The predicted octanol–water partition coefficient (Wildman–Crippen LogP) is 1.68. The van der Waals surface area contributed by atoms with Crippen molar-refractivity contribution >= 4 is 11.6 Å². The number of halogens is 1. The van der Waals surface area contributed by atoms with Gasteiger partial charge >= 0.3 is 0 Å². The van der Waals surface area contributed by atoms with Crippen LogP contribution in [0.5, 0.6) is 0 Å².